The minimum Gasteiger partial charge on any atom is -0.458 e. The molecule has 0 aromatic rings. The van der Waals surface area contributed by atoms with E-state index in [-0.39, 0.29) is 0 Å². The first-order valence-electron chi connectivity index (χ1n) is 7.99. The molecule has 0 radical (unpaired) electrons. The molecule has 1 amide bonds. The second kappa shape index (κ2) is 5.39. The molecule has 0 saturated carbocycles. The SMILES string of the molecule is [2H][C@@H]1[C@H]([2H])[C@@H](C(=O)OC(C)(C)C)N(C(=O)OC(C)(C)C)[C@H]1[2H]. The van der Waals surface area contributed by atoms with Crippen LogP contribution in [0.1, 0.15) is 58.4 Å². The molecule has 0 unspecified atom stereocenters. The second-order valence-electron chi connectivity index (χ2n) is 6.40. The van der Waals surface area contributed by atoms with E-state index in [2.05, 4.69) is 0 Å². The molecule has 1 aliphatic rings. The summed E-state index contributed by atoms with van der Waals surface area (Å²) in [7, 11) is 0. The molecule has 0 N–H and O–H groups in total. The number of carbonyl (C=O) groups is 2. The summed E-state index contributed by atoms with van der Waals surface area (Å²) in [6.07, 6.45) is -3.34. The van der Waals surface area contributed by atoms with Crippen LogP contribution in [0.2, 0.25) is 0 Å². The Balaban J connectivity index is 3.04. The molecule has 110 valence electrons. The molecule has 0 aliphatic carbocycles. The zero-order valence-electron chi connectivity index (χ0n) is 15.4. The van der Waals surface area contributed by atoms with E-state index in [1.807, 2.05) is 0 Å². The van der Waals surface area contributed by atoms with Crippen LogP contribution in [0, 0.1) is 0 Å². The molecule has 0 aromatic carbocycles. The van der Waals surface area contributed by atoms with Crippen LogP contribution in [0.5, 0.6) is 0 Å². The molecule has 1 rings (SSSR count). The van der Waals surface area contributed by atoms with Crippen molar-refractivity contribution in [2.24, 2.45) is 0 Å². The van der Waals surface area contributed by atoms with Gasteiger partial charge in [-0.25, -0.2) is 9.59 Å². The first-order valence-corrected chi connectivity index (χ1v) is 6.25. The highest BCUT2D eigenvalue weighted by Crippen LogP contribution is 2.23. The van der Waals surface area contributed by atoms with Gasteiger partial charge in [0, 0.05) is 10.6 Å². The summed E-state index contributed by atoms with van der Waals surface area (Å²) in [6, 6.07) is -1.31. The van der Waals surface area contributed by atoms with Crippen LogP contribution in [-0.4, -0.2) is 40.7 Å². The van der Waals surface area contributed by atoms with Crippen molar-refractivity contribution in [2.45, 2.75) is 71.6 Å². The van der Waals surface area contributed by atoms with Crippen molar-refractivity contribution in [3.05, 3.63) is 0 Å². The van der Waals surface area contributed by atoms with Crippen LogP contribution in [0.3, 0.4) is 0 Å². The summed E-state index contributed by atoms with van der Waals surface area (Å²) < 4.78 is 34.1. The van der Waals surface area contributed by atoms with Gasteiger partial charge in [0.15, 0.2) is 0 Å². The first kappa shape index (κ1) is 11.6. The number of hydrogen-bond acceptors (Lipinski definition) is 4. The van der Waals surface area contributed by atoms with Gasteiger partial charge < -0.3 is 9.47 Å². The fraction of sp³-hybridized carbons (Fsp3) is 0.857. The van der Waals surface area contributed by atoms with E-state index in [4.69, 9.17) is 13.6 Å². The van der Waals surface area contributed by atoms with Gasteiger partial charge in [0.05, 0.1) is 0 Å². The number of ether oxygens (including phenoxy) is 2. The minimum atomic E-state index is -1.34. The van der Waals surface area contributed by atoms with Crippen LogP contribution >= 0.6 is 0 Å². The van der Waals surface area contributed by atoms with E-state index in [9.17, 15) is 9.59 Å². The van der Waals surface area contributed by atoms with Crippen molar-refractivity contribution in [1.82, 2.24) is 4.90 Å². The fourth-order valence-corrected chi connectivity index (χ4v) is 1.48. The van der Waals surface area contributed by atoms with Gasteiger partial charge in [-0.15, -0.1) is 0 Å². The molecule has 0 aromatic heterocycles. The Morgan fingerprint density at radius 3 is 2.11 bits per heavy atom. The van der Waals surface area contributed by atoms with E-state index >= 15 is 0 Å². The molecule has 5 nitrogen and oxygen atoms in total. The first-order chi connectivity index (χ1) is 9.74. The molecule has 19 heavy (non-hydrogen) atoms. The van der Waals surface area contributed by atoms with Gasteiger partial charge in [0.25, 0.3) is 0 Å². The zero-order valence-corrected chi connectivity index (χ0v) is 12.4. The number of likely N-dealkylation sites (tertiary alicyclic amines) is 1. The topological polar surface area (TPSA) is 55.8 Å². The third kappa shape index (κ3) is 5.09. The average Bonchev–Trinajstić information content (AvgIpc) is 2.49. The molecule has 1 heterocycles. The van der Waals surface area contributed by atoms with Gasteiger partial charge in [0.2, 0.25) is 0 Å². The van der Waals surface area contributed by atoms with Crippen molar-refractivity contribution < 1.29 is 23.2 Å². The summed E-state index contributed by atoms with van der Waals surface area (Å²) in [4.78, 5) is 25.4. The van der Waals surface area contributed by atoms with E-state index in [1.165, 1.54) is 0 Å². The fourth-order valence-electron chi connectivity index (χ4n) is 1.48. The van der Waals surface area contributed by atoms with Crippen molar-refractivity contribution in [2.75, 3.05) is 6.52 Å². The largest absolute Gasteiger partial charge is 0.458 e. The zero-order chi connectivity index (χ0) is 17.5. The lowest BCUT2D eigenvalue weighted by molar-refractivity contribution is -0.160. The molecule has 0 spiro atoms. The van der Waals surface area contributed by atoms with Gasteiger partial charge in [0.1, 0.15) is 17.2 Å². The summed E-state index contributed by atoms with van der Waals surface area (Å²) in [5.74, 6) is -0.787. The molecule has 4 atom stereocenters. The summed E-state index contributed by atoms with van der Waals surface area (Å²) in [6.45, 7) is 8.68. The Bertz CT molecular complexity index is 404. The van der Waals surface area contributed by atoms with Gasteiger partial charge in [-0.2, -0.15) is 0 Å². The predicted molar refractivity (Wildman–Crippen MR) is 71.8 cm³/mol. The number of carbonyl (C=O) groups excluding carboxylic acids is 2. The molecule has 0 bridgehead atoms. The van der Waals surface area contributed by atoms with Crippen LogP contribution < -0.4 is 0 Å². The monoisotopic (exact) mass is 274 g/mol. The molecule has 1 aliphatic heterocycles. The highest BCUT2D eigenvalue weighted by Gasteiger charge is 2.38. The third-order valence-electron chi connectivity index (χ3n) is 2.09. The summed E-state index contributed by atoms with van der Waals surface area (Å²) in [5, 5.41) is 0. The van der Waals surface area contributed by atoms with E-state index < -0.39 is 48.6 Å². The van der Waals surface area contributed by atoms with Gasteiger partial charge >= 0.3 is 12.1 Å². The number of nitrogens with zero attached hydrogens (tertiary/aromatic N) is 1. The lowest BCUT2D eigenvalue weighted by Crippen LogP contribution is -2.45. The molecular weight excluding hydrogens is 246 g/mol. The van der Waals surface area contributed by atoms with Gasteiger partial charge in [-0.1, -0.05) is 0 Å². The Labute approximate surface area is 119 Å². The van der Waals surface area contributed by atoms with Crippen molar-refractivity contribution in [3.63, 3.8) is 0 Å². The lowest BCUT2D eigenvalue weighted by atomic mass is 10.1. The Kier molecular flexibility index (Phi) is 3.28. The van der Waals surface area contributed by atoms with Gasteiger partial charge in [-0.3, -0.25) is 4.90 Å². The van der Waals surface area contributed by atoms with E-state index in [0.717, 1.165) is 4.90 Å². The van der Waals surface area contributed by atoms with E-state index in [1.54, 1.807) is 41.5 Å². The van der Waals surface area contributed by atoms with Crippen molar-refractivity contribution in [3.8, 4) is 0 Å². The molecule has 1 saturated heterocycles. The van der Waals surface area contributed by atoms with Crippen molar-refractivity contribution in [1.29, 1.82) is 0 Å². The quantitative estimate of drug-likeness (QED) is 0.690. The molecule has 1 fully saturated rings. The normalized spacial score (nSPS) is 34.2. The van der Waals surface area contributed by atoms with Crippen molar-refractivity contribution >= 4 is 12.1 Å². The van der Waals surface area contributed by atoms with Crippen LogP contribution in [0.15, 0.2) is 0 Å². The predicted octanol–water partition coefficient (Wildman–Crippen LogP) is 2.73. The second-order valence-corrected chi connectivity index (χ2v) is 6.40. The van der Waals surface area contributed by atoms with Crippen LogP contribution in [0.4, 0.5) is 4.79 Å². The molecule has 5 heteroatoms. The van der Waals surface area contributed by atoms with Crippen LogP contribution in [0.25, 0.3) is 0 Å². The number of esters is 1. The highest BCUT2D eigenvalue weighted by atomic mass is 16.6. The third-order valence-corrected chi connectivity index (χ3v) is 2.09. The number of hydrogen-bond donors (Lipinski definition) is 0. The molecular formula is C14H25NO4. The average molecular weight is 274 g/mol. The van der Waals surface area contributed by atoms with Gasteiger partial charge in [-0.05, 0) is 54.3 Å². The Hall–Kier alpha value is -1.26. The number of rotatable bonds is 1. The Morgan fingerprint density at radius 2 is 1.63 bits per heavy atom. The Morgan fingerprint density at radius 1 is 1.11 bits per heavy atom. The number of amides is 1. The maximum Gasteiger partial charge on any atom is 0.411 e. The minimum absolute atomic E-state index is 0.784. The standard InChI is InChI=1S/C14H25NO4/c1-13(2,3)18-11(16)10-8-7-9-15(10)12(17)19-14(4,5)6/h10H,7-9H2,1-6H3/t10-/m0/s1/i7D,8D,9D/t7-,8+,9+,10+/m1. The summed E-state index contributed by atoms with van der Waals surface area (Å²) >= 11 is 0. The van der Waals surface area contributed by atoms with Crippen LogP contribution in [-0.2, 0) is 14.3 Å². The smallest absolute Gasteiger partial charge is 0.411 e. The maximum absolute atomic E-state index is 12.3. The maximum atomic E-state index is 12.3. The lowest BCUT2D eigenvalue weighted by Gasteiger charge is -2.29. The highest BCUT2D eigenvalue weighted by molar-refractivity contribution is 5.82. The summed E-state index contributed by atoms with van der Waals surface area (Å²) in [5.41, 5.74) is -1.58. The van der Waals surface area contributed by atoms with E-state index in [0.29, 0.717) is 0 Å².